The van der Waals surface area contributed by atoms with Crippen LogP contribution in [0.1, 0.15) is 13.8 Å². The van der Waals surface area contributed by atoms with Gasteiger partial charge < -0.3 is 31.3 Å². The minimum atomic E-state index is -1.08. The summed E-state index contributed by atoms with van der Waals surface area (Å²) in [4.78, 5) is 17.8. The molecule has 0 aliphatic heterocycles. The fourth-order valence-corrected chi connectivity index (χ4v) is 0. The van der Waals surface area contributed by atoms with Gasteiger partial charge in [0, 0.05) is 25.0 Å². The molecule has 74 valence electrons. The van der Waals surface area contributed by atoms with Crippen LogP contribution >= 0.6 is 0 Å². The molecule has 0 aromatic carbocycles. The van der Waals surface area contributed by atoms with E-state index in [-0.39, 0.29) is 23.1 Å². The number of carbonyl (C=O) groups excluding carboxylic acids is 2. The van der Waals surface area contributed by atoms with Crippen LogP contribution in [0.4, 0.5) is 0 Å². The van der Waals surface area contributed by atoms with E-state index in [2.05, 4.69) is 0 Å². The minimum absolute atomic E-state index is 0. The van der Waals surface area contributed by atoms with E-state index in [0.717, 1.165) is 13.8 Å². The number of nitrogens with two attached hydrogens (primary N) is 2. The molecule has 0 aromatic rings. The van der Waals surface area contributed by atoms with Gasteiger partial charge in [0.1, 0.15) is 0 Å². The second-order valence-corrected chi connectivity index (χ2v) is 1.56. The Labute approximate surface area is 93.4 Å². The van der Waals surface area contributed by atoms with Gasteiger partial charge in [0.25, 0.3) is 0 Å². The summed E-state index contributed by atoms with van der Waals surface area (Å²) >= 11 is 0. The van der Waals surface area contributed by atoms with Gasteiger partial charge in [0.2, 0.25) is 0 Å². The summed E-state index contributed by atoms with van der Waals surface area (Å²) in [5.41, 5.74) is 9.81. The van der Waals surface area contributed by atoms with Crippen LogP contribution in [-0.2, 0) is 9.59 Å². The van der Waals surface area contributed by atoms with Gasteiger partial charge in [-0.3, -0.25) is 0 Å². The zero-order valence-corrected chi connectivity index (χ0v) is 9.32. The number of carbonyl (C=O) groups is 2. The van der Waals surface area contributed by atoms with Gasteiger partial charge in [-0.15, -0.1) is 0 Å². The fraction of sp³-hybridized carbons (Fsp3) is 0.667. The predicted molar refractivity (Wildman–Crippen MR) is 45.2 cm³/mol. The van der Waals surface area contributed by atoms with Gasteiger partial charge >= 0.3 is 23.1 Å². The molecule has 0 spiro atoms. The molecular formula is C6H14MgN2O4. The monoisotopic (exact) mass is 202 g/mol. The zero-order valence-electron chi connectivity index (χ0n) is 7.91. The molecular weight excluding hydrogens is 188 g/mol. The molecule has 0 amide bonds. The second-order valence-electron chi connectivity index (χ2n) is 1.56. The Kier molecular flexibility index (Phi) is 39.8. The van der Waals surface area contributed by atoms with Crippen LogP contribution in [0.25, 0.3) is 0 Å². The molecule has 0 atom stereocenters. The van der Waals surface area contributed by atoms with Gasteiger partial charge in [-0.05, 0) is 13.8 Å². The largest absolute Gasteiger partial charge is 2.00 e. The first-order valence-corrected chi connectivity index (χ1v) is 3.13. The summed E-state index contributed by atoms with van der Waals surface area (Å²) in [6.45, 7) is 3.14. The maximum Gasteiger partial charge on any atom is 2.00 e. The fourth-order valence-electron chi connectivity index (χ4n) is 0. The van der Waals surface area contributed by atoms with E-state index in [1.165, 1.54) is 0 Å². The number of aliphatic carboxylic acids is 2. The van der Waals surface area contributed by atoms with E-state index < -0.39 is 11.9 Å². The van der Waals surface area contributed by atoms with Crippen molar-refractivity contribution in [3.8, 4) is 0 Å². The van der Waals surface area contributed by atoms with Crippen LogP contribution < -0.4 is 21.7 Å². The molecule has 0 saturated carbocycles. The Bertz CT molecular complexity index is 99.2. The smallest absolute Gasteiger partial charge is 0.550 e. The Morgan fingerprint density at radius 2 is 1.08 bits per heavy atom. The van der Waals surface area contributed by atoms with E-state index in [4.69, 9.17) is 31.3 Å². The standard InChI is InChI=1S/C2H8N2.2C2H4O2.Mg/c3-1-2-4;2*1-2(3)4;/h1-4H2;2*1H3,(H,3,4);/q;;;+2/p-2. The molecule has 6 nitrogen and oxygen atoms in total. The third kappa shape index (κ3) is 2750. The maximum absolute atomic E-state index is 8.89. The Hall–Kier alpha value is -0.374. The molecule has 7 heteroatoms. The zero-order chi connectivity index (χ0) is 10.6. The normalized spacial score (nSPS) is 6.15. The Morgan fingerprint density at radius 3 is 1.08 bits per heavy atom. The minimum Gasteiger partial charge on any atom is -0.550 e. The molecule has 0 heterocycles. The number of hydrogen-bond acceptors (Lipinski definition) is 6. The molecule has 0 bridgehead atoms. The van der Waals surface area contributed by atoms with Crippen molar-refractivity contribution in [2.45, 2.75) is 13.8 Å². The third-order valence-electron chi connectivity index (χ3n) is 0.167. The second kappa shape index (κ2) is 22.6. The first-order chi connectivity index (χ1) is 5.38. The summed E-state index contributed by atoms with van der Waals surface area (Å²) < 4.78 is 0. The van der Waals surface area contributed by atoms with Crippen LogP contribution in [0, 0.1) is 0 Å². The van der Waals surface area contributed by atoms with E-state index in [1.54, 1.807) is 0 Å². The van der Waals surface area contributed by atoms with Crippen molar-refractivity contribution in [2.24, 2.45) is 11.5 Å². The van der Waals surface area contributed by atoms with Crippen LogP contribution in [0.15, 0.2) is 0 Å². The van der Waals surface area contributed by atoms with E-state index in [1.807, 2.05) is 0 Å². The van der Waals surface area contributed by atoms with Crippen LogP contribution in [0.3, 0.4) is 0 Å². The van der Waals surface area contributed by atoms with Crippen molar-refractivity contribution in [3.05, 3.63) is 0 Å². The molecule has 0 fully saturated rings. The average Bonchev–Trinajstić information content (AvgIpc) is 1.85. The molecule has 0 radical (unpaired) electrons. The van der Waals surface area contributed by atoms with Crippen molar-refractivity contribution in [2.75, 3.05) is 13.1 Å². The van der Waals surface area contributed by atoms with Gasteiger partial charge in [0.15, 0.2) is 0 Å². The van der Waals surface area contributed by atoms with Crippen molar-refractivity contribution in [1.29, 1.82) is 0 Å². The molecule has 13 heavy (non-hydrogen) atoms. The van der Waals surface area contributed by atoms with Crippen LogP contribution in [0.2, 0.25) is 0 Å². The maximum atomic E-state index is 8.89. The summed E-state index contributed by atoms with van der Waals surface area (Å²) in [5.74, 6) is -2.17. The van der Waals surface area contributed by atoms with Gasteiger partial charge in [0.05, 0.1) is 0 Å². The molecule has 0 aromatic heterocycles. The van der Waals surface area contributed by atoms with Gasteiger partial charge in [-0.25, -0.2) is 0 Å². The van der Waals surface area contributed by atoms with Gasteiger partial charge in [-0.1, -0.05) is 0 Å². The quantitative estimate of drug-likeness (QED) is 0.417. The van der Waals surface area contributed by atoms with Crippen molar-refractivity contribution < 1.29 is 19.8 Å². The molecule has 0 saturated heterocycles. The van der Waals surface area contributed by atoms with E-state index in [0.29, 0.717) is 13.1 Å². The molecule has 0 aliphatic carbocycles. The molecule has 4 N–H and O–H groups in total. The number of carboxylic acid groups (broad SMARTS) is 2. The topological polar surface area (TPSA) is 132 Å². The summed E-state index contributed by atoms with van der Waals surface area (Å²) in [7, 11) is 0. The molecule has 0 rings (SSSR count). The van der Waals surface area contributed by atoms with E-state index in [9.17, 15) is 0 Å². The molecule has 0 unspecified atom stereocenters. The summed E-state index contributed by atoms with van der Waals surface area (Å²) in [6.07, 6.45) is 0. The van der Waals surface area contributed by atoms with Crippen molar-refractivity contribution in [1.82, 2.24) is 0 Å². The van der Waals surface area contributed by atoms with Crippen molar-refractivity contribution >= 4 is 35.0 Å². The predicted octanol–water partition coefficient (Wildman–Crippen LogP) is -3.96. The number of rotatable bonds is 1. The Balaban J connectivity index is -0.0000000450. The first kappa shape index (κ1) is 22.9. The molecule has 0 aliphatic rings. The SMILES string of the molecule is CC(=O)[O-].CC(=O)[O-].NCCN.[Mg+2]. The number of carboxylic acids is 2. The number of hydrogen-bond donors (Lipinski definition) is 2. The Morgan fingerprint density at radius 1 is 1.00 bits per heavy atom. The summed E-state index contributed by atoms with van der Waals surface area (Å²) in [6, 6.07) is 0. The average molecular weight is 202 g/mol. The van der Waals surface area contributed by atoms with Crippen LogP contribution in [0.5, 0.6) is 0 Å². The van der Waals surface area contributed by atoms with Crippen molar-refractivity contribution in [3.63, 3.8) is 0 Å². The van der Waals surface area contributed by atoms with Crippen LogP contribution in [-0.4, -0.2) is 48.1 Å². The van der Waals surface area contributed by atoms with Gasteiger partial charge in [-0.2, -0.15) is 0 Å². The third-order valence-corrected chi connectivity index (χ3v) is 0.167. The first-order valence-electron chi connectivity index (χ1n) is 3.13. The summed E-state index contributed by atoms with van der Waals surface area (Å²) in [5, 5.41) is 17.8. The van der Waals surface area contributed by atoms with E-state index >= 15 is 0 Å².